The van der Waals surface area contributed by atoms with Crippen molar-refractivity contribution in [3.63, 3.8) is 0 Å². The van der Waals surface area contributed by atoms with Gasteiger partial charge in [-0.15, -0.1) is 0 Å². The summed E-state index contributed by atoms with van der Waals surface area (Å²) in [6, 6.07) is 28.8. The van der Waals surface area contributed by atoms with Gasteiger partial charge in [0.1, 0.15) is 28.6 Å². The maximum Gasteiger partial charge on any atom is 0.253 e. The molecule has 0 heterocycles. The lowest BCUT2D eigenvalue weighted by atomic mass is 9.77. The van der Waals surface area contributed by atoms with Crippen LogP contribution in [0.25, 0.3) is 0 Å². The summed E-state index contributed by atoms with van der Waals surface area (Å²) in [6.07, 6.45) is 0. The maximum absolute atomic E-state index is 13.7. The summed E-state index contributed by atoms with van der Waals surface area (Å²) in [5.74, 6) is -1.67. The van der Waals surface area contributed by atoms with E-state index >= 15 is 0 Å². The third kappa shape index (κ3) is 4.52. The Balaban J connectivity index is 1.64. The quantitative estimate of drug-likeness (QED) is 0.251. The summed E-state index contributed by atoms with van der Waals surface area (Å²) in [7, 11) is 0. The summed E-state index contributed by atoms with van der Waals surface area (Å²) in [5.41, 5.74) is -1.80. The standard InChI is InChI=1S/C30H22F2N2O3/c31-22-16-23(32)18-24(17-22)33-25-26(28(36)27(25)35)34-29(19-10-4-1-5-11-19)30(37,20-12-6-2-7-13-20)21-14-8-3-9-15-21/h1-18,29,33-34,37H/t29-/m0/s1. The Hall–Kier alpha value is -4.62. The Morgan fingerprint density at radius 1 is 0.649 bits per heavy atom. The van der Waals surface area contributed by atoms with Gasteiger partial charge in [-0.05, 0) is 28.8 Å². The molecule has 0 aromatic heterocycles. The van der Waals surface area contributed by atoms with Gasteiger partial charge in [0.05, 0.1) is 6.04 Å². The highest BCUT2D eigenvalue weighted by atomic mass is 19.1. The van der Waals surface area contributed by atoms with Crippen molar-refractivity contribution in [2.45, 2.75) is 11.6 Å². The smallest absolute Gasteiger partial charge is 0.253 e. The third-order valence-corrected chi connectivity index (χ3v) is 6.31. The monoisotopic (exact) mass is 496 g/mol. The van der Waals surface area contributed by atoms with E-state index in [1.165, 1.54) is 0 Å². The molecule has 5 aromatic rings. The number of benzene rings is 4. The summed E-state index contributed by atoms with van der Waals surface area (Å²) >= 11 is 0. The van der Waals surface area contributed by atoms with Crippen LogP contribution in [0.15, 0.2) is 119 Å². The van der Waals surface area contributed by atoms with Crippen molar-refractivity contribution in [3.05, 3.63) is 158 Å². The molecule has 0 bridgehead atoms. The Morgan fingerprint density at radius 3 is 1.62 bits per heavy atom. The summed E-state index contributed by atoms with van der Waals surface area (Å²) < 4.78 is 27.5. The average Bonchev–Trinajstić information content (AvgIpc) is 2.93. The first-order valence-corrected chi connectivity index (χ1v) is 11.6. The zero-order valence-corrected chi connectivity index (χ0v) is 19.5. The average molecular weight is 497 g/mol. The fraction of sp³-hybridized carbons (Fsp3) is 0.0667. The molecule has 0 aliphatic heterocycles. The first-order valence-electron chi connectivity index (χ1n) is 11.6. The van der Waals surface area contributed by atoms with Crippen molar-refractivity contribution < 1.29 is 13.9 Å². The van der Waals surface area contributed by atoms with Gasteiger partial charge in [-0.3, -0.25) is 9.59 Å². The molecule has 7 heteroatoms. The summed E-state index contributed by atoms with van der Waals surface area (Å²) in [6.45, 7) is 0. The Morgan fingerprint density at radius 2 is 1.11 bits per heavy atom. The molecule has 0 aliphatic rings. The van der Waals surface area contributed by atoms with Crippen LogP contribution < -0.4 is 21.5 Å². The molecular formula is C30H22F2N2O3. The minimum atomic E-state index is -1.67. The topological polar surface area (TPSA) is 78.4 Å². The van der Waals surface area contributed by atoms with Crippen molar-refractivity contribution in [1.82, 2.24) is 0 Å². The number of anilines is 3. The molecule has 5 nitrogen and oxygen atoms in total. The SMILES string of the molecule is O=c1c(Nc2cc(F)cc(F)c2)c(N[C@@H](c2ccccc2)C(O)(c2ccccc2)c2ccccc2)c1=O. The molecule has 5 aromatic carbocycles. The third-order valence-electron chi connectivity index (χ3n) is 6.31. The second-order valence-corrected chi connectivity index (χ2v) is 8.68. The largest absolute Gasteiger partial charge is 0.378 e. The van der Waals surface area contributed by atoms with Crippen LogP contribution >= 0.6 is 0 Å². The molecule has 0 radical (unpaired) electrons. The lowest BCUT2D eigenvalue weighted by Crippen LogP contribution is -2.44. The Labute approximate surface area is 211 Å². The van der Waals surface area contributed by atoms with E-state index in [2.05, 4.69) is 10.6 Å². The number of nitrogens with one attached hydrogen (secondary N) is 2. The van der Waals surface area contributed by atoms with E-state index in [0.717, 1.165) is 12.1 Å². The van der Waals surface area contributed by atoms with E-state index in [0.29, 0.717) is 22.8 Å². The van der Waals surface area contributed by atoms with Crippen LogP contribution in [0.4, 0.5) is 25.8 Å². The zero-order valence-electron chi connectivity index (χ0n) is 19.5. The van der Waals surface area contributed by atoms with Gasteiger partial charge in [0.25, 0.3) is 10.9 Å². The van der Waals surface area contributed by atoms with Crippen molar-refractivity contribution in [3.8, 4) is 0 Å². The van der Waals surface area contributed by atoms with Gasteiger partial charge in [-0.1, -0.05) is 91.0 Å². The van der Waals surface area contributed by atoms with Crippen LogP contribution in [-0.2, 0) is 5.60 Å². The lowest BCUT2D eigenvalue weighted by molar-refractivity contribution is 0.0585. The number of halogens is 2. The highest BCUT2D eigenvalue weighted by Crippen LogP contribution is 2.43. The van der Waals surface area contributed by atoms with Crippen molar-refractivity contribution in [1.29, 1.82) is 0 Å². The van der Waals surface area contributed by atoms with Crippen LogP contribution in [-0.4, -0.2) is 5.11 Å². The molecule has 0 amide bonds. The van der Waals surface area contributed by atoms with Gasteiger partial charge >= 0.3 is 0 Å². The van der Waals surface area contributed by atoms with Gasteiger partial charge in [0.2, 0.25) is 0 Å². The molecule has 3 N–H and O–H groups in total. The van der Waals surface area contributed by atoms with E-state index in [1.54, 1.807) is 72.8 Å². The van der Waals surface area contributed by atoms with E-state index in [-0.39, 0.29) is 17.1 Å². The second-order valence-electron chi connectivity index (χ2n) is 8.68. The molecule has 5 rings (SSSR count). The highest BCUT2D eigenvalue weighted by Gasteiger charge is 2.42. The van der Waals surface area contributed by atoms with Gasteiger partial charge in [-0.2, -0.15) is 0 Å². The summed E-state index contributed by atoms with van der Waals surface area (Å²) in [4.78, 5) is 25.2. The van der Waals surface area contributed by atoms with Crippen molar-refractivity contribution in [2.75, 3.05) is 10.6 Å². The number of hydrogen-bond acceptors (Lipinski definition) is 5. The van der Waals surface area contributed by atoms with Crippen LogP contribution in [0.2, 0.25) is 0 Å². The predicted octanol–water partition coefficient (Wildman–Crippen LogP) is 5.39. The fourth-order valence-electron chi connectivity index (χ4n) is 4.52. The molecule has 0 saturated carbocycles. The molecule has 0 fully saturated rings. The number of aliphatic hydroxyl groups is 1. The van der Waals surface area contributed by atoms with E-state index < -0.39 is 34.1 Å². The normalized spacial score (nSPS) is 12.3. The number of hydrogen-bond donors (Lipinski definition) is 3. The van der Waals surface area contributed by atoms with Crippen LogP contribution in [0.5, 0.6) is 0 Å². The molecule has 1 atom stereocenters. The van der Waals surface area contributed by atoms with Gasteiger partial charge < -0.3 is 15.7 Å². The Bertz CT molecular complexity index is 1540. The van der Waals surface area contributed by atoms with Crippen LogP contribution in [0, 0.1) is 11.6 Å². The predicted molar refractivity (Wildman–Crippen MR) is 140 cm³/mol. The second kappa shape index (κ2) is 9.79. The Kier molecular flexibility index (Phi) is 6.38. The van der Waals surface area contributed by atoms with Gasteiger partial charge in [-0.25, -0.2) is 8.78 Å². The van der Waals surface area contributed by atoms with Gasteiger partial charge in [0.15, 0.2) is 0 Å². The first kappa shape index (κ1) is 24.1. The molecule has 0 saturated heterocycles. The first-order chi connectivity index (χ1) is 17.9. The van der Waals surface area contributed by atoms with Crippen molar-refractivity contribution >= 4 is 17.1 Å². The summed E-state index contributed by atoms with van der Waals surface area (Å²) in [5, 5.41) is 18.2. The van der Waals surface area contributed by atoms with E-state index in [1.807, 2.05) is 18.2 Å². The van der Waals surface area contributed by atoms with Gasteiger partial charge in [0, 0.05) is 11.8 Å². The molecule has 0 spiro atoms. The minimum Gasteiger partial charge on any atom is -0.378 e. The molecule has 0 aliphatic carbocycles. The molecule has 0 unspecified atom stereocenters. The lowest BCUT2D eigenvalue weighted by Gasteiger charge is -2.39. The van der Waals surface area contributed by atoms with E-state index in [9.17, 15) is 23.5 Å². The van der Waals surface area contributed by atoms with E-state index in [4.69, 9.17) is 0 Å². The molecule has 184 valence electrons. The zero-order chi connectivity index (χ0) is 26.0. The minimum absolute atomic E-state index is 0.0229. The van der Waals surface area contributed by atoms with Crippen LogP contribution in [0.3, 0.4) is 0 Å². The fourth-order valence-corrected chi connectivity index (χ4v) is 4.52. The maximum atomic E-state index is 13.7. The van der Waals surface area contributed by atoms with Crippen molar-refractivity contribution in [2.24, 2.45) is 0 Å². The molecule has 37 heavy (non-hydrogen) atoms. The highest BCUT2D eigenvalue weighted by molar-refractivity contribution is 5.79. The van der Waals surface area contributed by atoms with Crippen LogP contribution in [0.1, 0.15) is 22.7 Å². The number of rotatable bonds is 8. The molecular weight excluding hydrogens is 474 g/mol.